The molecule has 2 heterocycles. The molecule has 122 valence electrons. The van der Waals surface area contributed by atoms with Crippen LogP contribution in [0.3, 0.4) is 0 Å². The smallest absolute Gasteiger partial charge is 0.269 e. The molecular weight excluding hydrogens is 304 g/mol. The summed E-state index contributed by atoms with van der Waals surface area (Å²) in [7, 11) is 0. The first-order chi connectivity index (χ1) is 11.5. The first-order valence-corrected chi connectivity index (χ1v) is 7.57. The minimum atomic E-state index is -0.256. The van der Waals surface area contributed by atoms with Gasteiger partial charge in [-0.25, -0.2) is 0 Å². The maximum atomic E-state index is 12.2. The zero-order chi connectivity index (χ0) is 17.1. The Balaban J connectivity index is 1.76. The predicted octanol–water partition coefficient (Wildman–Crippen LogP) is 2.72. The van der Waals surface area contributed by atoms with E-state index in [4.69, 9.17) is 0 Å². The summed E-state index contributed by atoms with van der Waals surface area (Å²) in [5.41, 5.74) is 4.49. The summed E-state index contributed by atoms with van der Waals surface area (Å²) in [6.45, 7) is 4.30. The largest absolute Gasteiger partial charge is 0.507 e. The summed E-state index contributed by atoms with van der Waals surface area (Å²) >= 11 is 0. The molecule has 0 aliphatic heterocycles. The molecule has 0 atom stereocenters. The molecule has 0 bridgehead atoms. The van der Waals surface area contributed by atoms with Crippen LogP contribution in [0.4, 0.5) is 0 Å². The van der Waals surface area contributed by atoms with Gasteiger partial charge in [0.15, 0.2) is 0 Å². The van der Waals surface area contributed by atoms with Gasteiger partial charge in [0, 0.05) is 24.5 Å². The molecule has 3 aromatic rings. The van der Waals surface area contributed by atoms with E-state index >= 15 is 0 Å². The number of nitrogens with one attached hydrogen (secondary N) is 2. The number of H-pyrrole nitrogens is 1. The number of carbonyl (C=O) groups excluding carboxylic acids is 1. The lowest BCUT2D eigenvalue weighted by Crippen LogP contribution is -2.23. The number of phenolic OH excluding ortho intramolecular Hbond substituents is 1. The second kappa shape index (κ2) is 6.54. The third-order valence-corrected chi connectivity index (χ3v) is 3.91. The van der Waals surface area contributed by atoms with Gasteiger partial charge in [0.2, 0.25) is 0 Å². The fourth-order valence-electron chi connectivity index (χ4n) is 2.36. The molecular formula is C18H18N4O2. The summed E-state index contributed by atoms with van der Waals surface area (Å²) in [5.74, 6) is -0.109. The Bertz CT molecular complexity index is 872. The lowest BCUT2D eigenvalue weighted by molar-refractivity contribution is 0.0946. The fourth-order valence-corrected chi connectivity index (χ4v) is 2.36. The van der Waals surface area contributed by atoms with E-state index in [9.17, 15) is 9.90 Å². The number of pyridine rings is 1. The van der Waals surface area contributed by atoms with Crippen LogP contribution < -0.4 is 5.32 Å². The third kappa shape index (κ3) is 3.27. The molecule has 1 aromatic carbocycles. The van der Waals surface area contributed by atoms with Gasteiger partial charge in [-0.05, 0) is 60.9 Å². The van der Waals surface area contributed by atoms with Crippen LogP contribution in [0.15, 0.2) is 42.7 Å². The quantitative estimate of drug-likeness (QED) is 0.689. The molecule has 0 aliphatic rings. The van der Waals surface area contributed by atoms with Gasteiger partial charge in [-0.15, -0.1) is 0 Å². The number of rotatable bonds is 4. The highest BCUT2D eigenvalue weighted by Gasteiger charge is 2.14. The number of aromatic amines is 1. The second-order valence-electron chi connectivity index (χ2n) is 5.66. The number of aromatic nitrogens is 3. The Hall–Kier alpha value is -3.15. The van der Waals surface area contributed by atoms with Crippen molar-refractivity contribution < 1.29 is 9.90 Å². The Morgan fingerprint density at radius 1 is 1.17 bits per heavy atom. The number of hydrogen-bond acceptors (Lipinski definition) is 4. The van der Waals surface area contributed by atoms with Crippen molar-refractivity contribution in [3.05, 3.63) is 65.1 Å². The van der Waals surface area contributed by atoms with Crippen molar-refractivity contribution in [2.24, 2.45) is 0 Å². The van der Waals surface area contributed by atoms with Gasteiger partial charge in [-0.3, -0.25) is 14.9 Å². The van der Waals surface area contributed by atoms with Crippen LogP contribution >= 0.6 is 0 Å². The predicted molar refractivity (Wildman–Crippen MR) is 90.6 cm³/mol. The summed E-state index contributed by atoms with van der Waals surface area (Å²) in [4.78, 5) is 16.1. The van der Waals surface area contributed by atoms with Gasteiger partial charge in [0.05, 0.1) is 5.69 Å². The van der Waals surface area contributed by atoms with Gasteiger partial charge >= 0.3 is 0 Å². The standard InChI is InChI=1S/C18H18N4O2/c1-11-7-14(17(23)8-12(11)2)15-9-16(22-21-15)18(24)20-10-13-3-5-19-6-4-13/h3-9,23H,10H2,1-2H3,(H,20,24)(H,21,22). The number of aromatic hydroxyl groups is 1. The molecule has 6 nitrogen and oxygen atoms in total. The Morgan fingerprint density at radius 3 is 2.62 bits per heavy atom. The van der Waals surface area contributed by atoms with Gasteiger partial charge in [-0.2, -0.15) is 5.10 Å². The van der Waals surface area contributed by atoms with Crippen molar-refractivity contribution in [2.45, 2.75) is 20.4 Å². The molecule has 3 N–H and O–H groups in total. The van der Waals surface area contributed by atoms with Crippen LogP contribution in [0, 0.1) is 13.8 Å². The van der Waals surface area contributed by atoms with E-state index in [1.54, 1.807) is 24.5 Å². The average Bonchev–Trinajstić information content (AvgIpc) is 3.07. The number of carbonyl (C=O) groups is 1. The van der Waals surface area contributed by atoms with Crippen molar-refractivity contribution >= 4 is 5.91 Å². The molecule has 1 amide bonds. The van der Waals surface area contributed by atoms with E-state index in [1.165, 1.54) is 0 Å². The van der Waals surface area contributed by atoms with Crippen molar-refractivity contribution in [1.82, 2.24) is 20.5 Å². The maximum absolute atomic E-state index is 12.2. The molecule has 0 radical (unpaired) electrons. The highest BCUT2D eigenvalue weighted by molar-refractivity contribution is 5.93. The van der Waals surface area contributed by atoms with Crippen LogP contribution in [-0.4, -0.2) is 26.2 Å². The third-order valence-electron chi connectivity index (χ3n) is 3.91. The summed E-state index contributed by atoms with van der Waals surface area (Å²) in [6, 6.07) is 8.87. The second-order valence-corrected chi connectivity index (χ2v) is 5.66. The van der Waals surface area contributed by atoms with Crippen molar-refractivity contribution in [2.75, 3.05) is 0 Å². The van der Waals surface area contributed by atoms with Crippen molar-refractivity contribution in [3.8, 4) is 17.0 Å². The molecule has 3 rings (SSSR count). The SMILES string of the molecule is Cc1cc(O)c(-c2cc(C(=O)NCc3ccncc3)[nH]n2)cc1C. The maximum Gasteiger partial charge on any atom is 0.269 e. The summed E-state index contributed by atoms with van der Waals surface area (Å²) < 4.78 is 0. The molecule has 0 saturated carbocycles. The number of aryl methyl sites for hydroxylation is 2. The average molecular weight is 322 g/mol. The highest BCUT2D eigenvalue weighted by Crippen LogP contribution is 2.30. The van der Waals surface area contributed by atoms with Crippen LogP contribution in [0.2, 0.25) is 0 Å². The van der Waals surface area contributed by atoms with E-state index in [-0.39, 0.29) is 11.7 Å². The lowest BCUT2D eigenvalue weighted by Gasteiger charge is -2.05. The summed E-state index contributed by atoms with van der Waals surface area (Å²) in [6.07, 6.45) is 3.36. The Kier molecular flexibility index (Phi) is 4.29. The molecule has 24 heavy (non-hydrogen) atoms. The molecule has 2 aromatic heterocycles. The van der Waals surface area contributed by atoms with Gasteiger partial charge in [-0.1, -0.05) is 0 Å². The Morgan fingerprint density at radius 2 is 1.88 bits per heavy atom. The van der Waals surface area contributed by atoms with Crippen LogP contribution in [0.1, 0.15) is 27.2 Å². The fraction of sp³-hybridized carbons (Fsp3) is 0.167. The minimum Gasteiger partial charge on any atom is -0.507 e. The molecule has 0 aliphatic carbocycles. The van der Waals surface area contributed by atoms with Crippen molar-refractivity contribution in [3.63, 3.8) is 0 Å². The van der Waals surface area contributed by atoms with E-state index in [2.05, 4.69) is 20.5 Å². The van der Waals surface area contributed by atoms with Crippen LogP contribution in [-0.2, 0) is 6.54 Å². The van der Waals surface area contributed by atoms with Crippen LogP contribution in [0.5, 0.6) is 5.75 Å². The van der Waals surface area contributed by atoms with Gasteiger partial charge in [0.1, 0.15) is 11.4 Å². The van der Waals surface area contributed by atoms with E-state index in [0.717, 1.165) is 16.7 Å². The first-order valence-electron chi connectivity index (χ1n) is 7.57. The zero-order valence-electron chi connectivity index (χ0n) is 13.5. The lowest BCUT2D eigenvalue weighted by atomic mass is 10.0. The van der Waals surface area contributed by atoms with E-state index in [0.29, 0.717) is 23.5 Å². The molecule has 0 saturated heterocycles. The first kappa shape index (κ1) is 15.7. The summed E-state index contributed by atoms with van der Waals surface area (Å²) in [5, 5.41) is 19.8. The number of amides is 1. The highest BCUT2D eigenvalue weighted by atomic mass is 16.3. The number of nitrogens with zero attached hydrogens (tertiary/aromatic N) is 2. The van der Waals surface area contributed by atoms with Crippen LogP contribution in [0.25, 0.3) is 11.3 Å². The molecule has 0 spiro atoms. The molecule has 0 fully saturated rings. The van der Waals surface area contributed by atoms with E-state index in [1.807, 2.05) is 32.0 Å². The monoisotopic (exact) mass is 322 g/mol. The van der Waals surface area contributed by atoms with Gasteiger partial charge < -0.3 is 10.4 Å². The topological polar surface area (TPSA) is 90.9 Å². The number of phenols is 1. The van der Waals surface area contributed by atoms with Gasteiger partial charge in [0.25, 0.3) is 5.91 Å². The number of benzene rings is 1. The minimum absolute atomic E-state index is 0.147. The zero-order valence-corrected chi connectivity index (χ0v) is 13.5. The normalized spacial score (nSPS) is 10.6. The van der Waals surface area contributed by atoms with Crippen molar-refractivity contribution in [1.29, 1.82) is 0 Å². The Labute approximate surface area is 139 Å². The number of hydrogen-bond donors (Lipinski definition) is 3. The van der Waals surface area contributed by atoms with E-state index < -0.39 is 0 Å². The molecule has 0 unspecified atom stereocenters. The molecule has 6 heteroatoms.